The molecule has 140 valence electrons. The molecule has 1 aliphatic heterocycles. The molecular weight excluding hydrogens is 340 g/mol. The van der Waals surface area contributed by atoms with Gasteiger partial charge in [0.1, 0.15) is 5.82 Å². The van der Waals surface area contributed by atoms with E-state index in [0.717, 1.165) is 38.5 Å². The normalized spacial score (nSPS) is 19.8. The van der Waals surface area contributed by atoms with Gasteiger partial charge in [-0.1, -0.05) is 32.1 Å². The number of hydrogen-bond donors (Lipinski definition) is 2. The molecule has 1 atom stereocenters. The van der Waals surface area contributed by atoms with Crippen molar-refractivity contribution in [3.63, 3.8) is 0 Å². The van der Waals surface area contributed by atoms with Crippen molar-refractivity contribution in [2.24, 2.45) is 11.7 Å². The summed E-state index contributed by atoms with van der Waals surface area (Å²) in [7, 11) is 0. The summed E-state index contributed by atoms with van der Waals surface area (Å²) in [5, 5.41) is 2.89. The molecule has 0 radical (unpaired) electrons. The van der Waals surface area contributed by atoms with Gasteiger partial charge in [-0.25, -0.2) is 4.98 Å². The standard InChI is InChI=1S/C18H28N4O2.ClH/c19-16(12-14-4-2-1-3-5-14)18(23)21-15-6-7-17(20-13-15)22-8-10-24-11-9-22;/h6-7,13-14,16H,1-5,8-12,19H2,(H,21,23);1H. The lowest BCUT2D eigenvalue weighted by atomic mass is 9.85. The van der Waals surface area contributed by atoms with Gasteiger partial charge in [0.05, 0.1) is 31.1 Å². The maximum absolute atomic E-state index is 12.3. The van der Waals surface area contributed by atoms with Crippen molar-refractivity contribution < 1.29 is 9.53 Å². The van der Waals surface area contributed by atoms with E-state index in [1.165, 1.54) is 32.1 Å². The van der Waals surface area contributed by atoms with Crippen LogP contribution in [0.15, 0.2) is 18.3 Å². The zero-order valence-corrected chi connectivity index (χ0v) is 15.5. The summed E-state index contributed by atoms with van der Waals surface area (Å²) in [6, 6.07) is 3.39. The maximum atomic E-state index is 12.3. The molecular formula is C18H29ClN4O2. The average molecular weight is 369 g/mol. The van der Waals surface area contributed by atoms with E-state index >= 15 is 0 Å². The van der Waals surface area contributed by atoms with E-state index in [4.69, 9.17) is 10.5 Å². The first-order valence-corrected chi connectivity index (χ1v) is 9.07. The molecule has 25 heavy (non-hydrogen) atoms. The van der Waals surface area contributed by atoms with E-state index in [1.807, 2.05) is 12.1 Å². The molecule has 1 aliphatic carbocycles. The van der Waals surface area contributed by atoms with Crippen LogP contribution in [0.25, 0.3) is 0 Å². The molecule has 3 N–H and O–H groups in total. The van der Waals surface area contributed by atoms with E-state index in [-0.39, 0.29) is 18.3 Å². The van der Waals surface area contributed by atoms with Crippen LogP contribution in [0.3, 0.4) is 0 Å². The highest BCUT2D eigenvalue weighted by atomic mass is 35.5. The summed E-state index contributed by atoms with van der Waals surface area (Å²) >= 11 is 0. The lowest BCUT2D eigenvalue weighted by Crippen LogP contribution is -2.38. The number of morpholine rings is 1. The Morgan fingerprint density at radius 3 is 2.64 bits per heavy atom. The number of halogens is 1. The smallest absolute Gasteiger partial charge is 0.241 e. The van der Waals surface area contributed by atoms with Gasteiger partial charge in [0.25, 0.3) is 0 Å². The number of nitrogens with two attached hydrogens (primary N) is 1. The van der Waals surface area contributed by atoms with Crippen LogP contribution in [0.4, 0.5) is 11.5 Å². The first kappa shape index (κ1) is 19.9. The highest BCUT2D eigenvalue weighted by Crippen LogP contribution is 2.27. The third kappa shape index (κ3) is 5.83. The molecule has 2 aliphatic rings. The van der Waals surface area contributed by atoms with Crippen LogP contribution >= 0.6 is 12.4 Å². The van der Waals surface area contributed by atoms with E-state index in [9.17, 15) is 4.79 Å². The van der Waals surface area contributed by atoms with Crippen molar-refractivity contribution in [3.8, 4) is 0 Å². The largest absolute Gasteiger partial charge is 0.378 e. The molecule has 7 heteroatoms. The van der Waals surface area contributed by atoms with E-state index in [1.54, 1.807) is 6.20 Å². The van der Waals surface area contributed by atoms with E-state index < -0.39 is 6.04 Å². The predicted molar refractivity (Wildman–Crippen MR) is 102 cm³/mol. The molecule has 0 aromatic carbocycles. The van der Waals surface area contributed by atoms with Crippen molar-refractivity contribution in [1.82, 2.24) is 4.98 Å². The molecule has 6 nitrogen and oxygen atoms in total. The van der Waals surface area contributed by atoms with Gasteiger partial charge in [-0.2, -0.15) is 0 Å². The minimum absolute atomic E-state index is 0. The van der Waals surface area contributed by atoms with Crippen LogP contribution in [-0.2, 0) is 9.53 Å². The lowest BCUT2D eigenvalue weighted by molar-refractivity contribution is -0.117. The molecule has 1 unspecified atom stereocenters. The van der Waals surface area contributed by atoms with Crippen molar-refractivity contribution in [3.05, 3.63) is 18.3 Å². The second-order valence-electron chi connectivity index (χ2n) is 6.84. The average Bonchev–Trinajstić information content (AvgIpc) is 2.64. The first-order valence-electron chi connectivity index (χ1n) is 9.07. The van der Waals surface area contributed by atoms with Gasteiger partial charge in [0.15, 0.2) is 0 Å². The molecule has 1 saturated carbocycles. The van der Waals surface area contributed by atoms with Gasteiger partial charge >= 0.3 is 0 Å². The molecule has 1 amide bonds. The first-order chi connectivity index (χ1) is 11.7. The topological polar surface area (TPSA) is 80.5 Å². The Kier molecular flexibility index (Phi) is 7.93. The summed E-state index contributed by atoms with van der Waals surface area (Å²) in [5.74, 6) is 1.41. The van der Waals surface area contributed by atoms with Gasteiger partial charge in [-0.3, -0.25) is 4.79 Å². The van der Waals surface area contributed by atoms with Crippen LogP contribution in [-0.4, -0.2) is 43.2 Å². The van der Waals surface area contributed by atoms with Crippen molar-refractivity contribution in [1.29, 1.82) is 0 Å². The molecule has 1 aromatic heterocycles. The number of ether oxygens (including phenoxy) is 1. The number of carbonyl (C=O) groups is 1. The minimum Gasteiger partial charge on any atom is -0.378 e. The summed E-state index contributed by atoms with van der Waals surface area (Å²) in [4.78, 5) is 18.9. The van der Waals surface area contributed by atoms with Crippen LogP contribution in [0.2, 0.25) is 0 Å². The summed E-state index contributed by atoms with van der Waals surface area (Å²) < 4.78 is 5.35. The van der Waals surface area contributed by atoms with Gasteiger partial charge in [-0.05, 0) is 24.5 Å². The number of amides is 1. The van der Waals surface area contributed by atoms with Crippen LogP contribution in [0, 0.1) is 5.92 Å². The molecule has 0 spiro atoms. The predicted octanol–water partition coefficient (Wildman–Crippen LogP) is 2.58. The fourth-order valence-corrected chi connectivity index (χ4v) is 3.56. The Bertz CT molecular complexity index is 528. The summed E-state index contributed by atoms with van der Waals surface area (Å²) in [5.41, 5.74) is 6.79. The number of pyridine rings is 1. The fraction of sp³-hybridized carbons (Fsp3) is 0.667. The van der Waals surface area contributed by atoms with Crippen LogP contribution in [0.5, 0.6) is 0 Å². The second-order valence-corrected chi connectivity index (χ2v) is 6.84. The fourth-order valence-electron chi connectivity index (χ4n) is 3.56. The highest BCUT2D eigenvalue weighted by Gasteiger charge is 2.21. The number of nitrogens with one attached hydrogen (secondary N) is 1. The molecule has 1 saturated heterocycles. The van der Waals surface area contributed by atoms with E-state index in [2.05, 4.69) is 15.2 Å². The van der Waals surface area contributed by atoms with Gasteiger partial charge in [0, 0.05) is 13.1 Å². The summed E-state index contributed by atoms with van der Waals surface area (Å²) in [6.45, 7) is 3.17. The number of rotatable bonds is 5. The maximum Gasteiger partial charge on any atom is 0.241 e. The van der Waals surface area contributed by atoms with Gasteiger partial charge in [-0.15, -0.1) is 12.4 Å². The molecule has 1 aromatic rings. The summed E-state index contributed by atoms with van der Waals surface area (Å²) in [6.07, 6.45) is 8.76. The third-order valence-electron chi connectivity index (χ3n) is 5.00. The number of nitrogens with zero attached hydrogens (tertiary/aromatic N) is 2. The quantitative estimate of drug-likeness (QED) is 0.834. The Labute approximate surface area is 155 Å². The Morgan fingerprint density at radius 1 is 1.28 bits per heavy atom. The Morgan fingerprint density at radius 2 is 2.00 bits per heavy atom. The van der Waals surface area contributed by atoms with Crippen LogP contribution in [0.1, 0.15) is 38.5 Å². The molecule has 3 rings (SSSR count). The molecule has 0 bridgehead atoms. The zero-order valence-electron chi connectivity index (χ0n) is 14.7. The molecule has 2 fully saturated rings. The number of hydrogen-bond acceptors (Lipinski definition) is 5. The van der Waals surface area contributed by atoms with Crippen LogP contribution < -0.4 is 16.0 Å². The van der Waals surface area contributed by atoms with Crippen molar-refractivity contribution in [2.45, 2.75) is 44.6 Å². The SMILES string of the molecule is Cl.NC(CC1CCCCC1)C(=O)Nc1ccc(N2CCOCC2)nc1. The van der Waals surface area contributed by atoms with Crippen molar-refractivity contribution in [2.75, 3.05) is 36.5 Å². The molecule has 2 heterocycles. The monoisotopic (exact) mass is 368 g/mol. The lowest BCUT2D eigenvalue weighted by Gasteiger charge is -2.27. The second kappa shape index (κ2) is 9.94. The number of anilines is 2. The van der Waals surface area contributed by atoms with Crippen molar-refractivity contribution >= 4 is 29.8 Å². The third-order valence-corrected chi connectivity index (χ3v) is 5.00. The Balaban J connectivity index is 0.00000225. The van der Waals surface area contributed by atoms with Gasteiger partial charge < -0.3 is 20.7 Å². The Hall–Kier alpha value is -1.37. The zero-order chi connectivity index (χ0) is 16.8. The van der Waals surface area contributed by atoms with E-state index in [0.29, 0.717) is 11.6 Å². The number of aromatic nitrogens is 1. The highest BCUT2D eigenvalue weighted by molar-refractivity contribution is 5.94. The van der Waals surface area contributed by atoms with Gasteiger partial charge in [0.2, 0.25) is 5.91 Å². The number of carbonyl (C=O) groups excluding carboxylic acids is 1. The minimum atomic E-state index is -0.438.